The van der Waals surface area contributed by atoms with Crippen LogP contribution in [0.1, 0.15) is 12.5 Å². The summed E-state index contributed by atoms with van der Waals surface area (Å²) in [5.41, 5.74) is 2.01. The van der Waals surface area contributed by atoms with Crippen LogP contribution in [-0.2, 0) is 11.3 Å². The van der Waals surface area contributed by atoms with Crippen molar-refractivity contribution < 1.29 is 9.53 Å². The van der Waals surface area contributed by atoms with Gasteiger partial charge < -0.3 is 15.0 Å². The van der Waals surface area contributed by atoms with E-state index in [1.54, 1.807) is 0 Å². The summed E-state index contributed by atoms with van der Waals surface area (Å²) >= 11 is 2.84. The Kier molecular flexibility index (Phi) is 7.94. The number of anilines is 2. The smallest absolute Gasteiger partial charge is 0.233 e. The molecule has 1 amide bonds. The zero-order valence-corrected chi connectivity index (χ0v) is 19.8. The van der Waals surface area contributed by atoms with Crippen LogP contribution in [0.3, 0.4) is 0 Å². The molecule has 0 unspecified atom stereocenters. The third-order valence-electron chi connectivity index (χ3n) is 4.76. The highest BCUT2D eigenvalue weighted by atomic mass is 32.2. The first kappa shape index (κ1) is 22.8. The second-order valence-electron chi connectivity index (χ2n) is 7.12. The number of nitrogens with one attached hydrogen (secondary N) is 1. The Hall–Kier alpha value is -3.36. The molecule has 4 aromatic rings. The molecule has 1 aromatic heterocycles. The van der Waals surface area contributed by atoms with Gasteiger partial charge in [0.05, 0.1) is 5.75 Å². The average molecular weight is 477 g/mol. The zero-order chi connectivity index (χ0) is 22.9. The summed E-state index contributed by atoms with van der Waals surface area (Å²) < 4.78 is 6.57. The van der Waals surface area contributed by atoms with Crippen LogP contribution >= 0.6 is 23.1 Å². The molecule has 1 N–H and O–H groups in total. The predicted octanol–water partition coefficient (Wildman–Crippen LogP) is 6.21. The summed E-state index contributed by atoms with van der Waals surface area (Å²) in [7, 11) is 0. The van der Waals surface area contributed by atoms with Gasteiger partial charge in [0.15, 0.2) is 4.34 Å². The first-order chi connectivity index (χ1) is 16.2. The molecule has 0 aliphatic rings. The van der Waals surface area contributed by atoms with E-state index in [1.165, 1.54) is 23.1 Å². The van der Waals surface area contributed by atoms with Crippen molar-refractivity contribution in [3.05, 3.63) is 90.5 Å². The van der Waals surface area contributed by atoms with Gasteiger partial charge in [-0.15, -0.1) is 10.2 Å². The Labute approximate surface area is 201 Å². The van der Waals surface area contributed by atoms with E-state index in [2.05, 4.69) is 15.5 Å². The Morgan fingerprint density at radius 2 is 1.61 bits per heavy atom. The number of thioether (sulfide) groups is 1. The van der Waals surface area contributed by atoms with Crippen molar-refractivity contribution >= 4 is 39.8 Å². The van der Waals surface area contributed by atoms with Crippen LogP contribution < -0.4 is 10.1 Å². The van der Waals surface area contributed by atoms with Crippen LogP contribution in [0.5, 0.6) is 11.5 Å². The van der Waals surface area contributed by atoms with Gasteiger partial charge in [-0.1, -0.05) is 71.6 Å². The average Bonchev–Trinajstić information content (AvgIpc) is 3.31. The van der Waals surface area contributed by atoms with Crippen LogP contribution in [0.4, 0.5) is 10.8 Å². The maximum Gasteiger partial charge on any atom is 0.233 e. The molecule has 0 aliphatic heterocycles. The maximum atomic E-state index is 12.6. The van der Waals surface area contributed by atoms with Gasteiger partial charge in [0, 0.05) is 18.8 Å². The molecular formula is C25H24N4O2S2. The molecule has 33 heavy (non-hydrogen) atoms. The van der Waals surface area contributed by atoms with Crippen molar-refractivity contribution in [1.29, 1.82) is 0 Å². The van der Waals surface area contributed by atoms with E-state index in [9.17, 15) is 4.79 Å². The van der Waals surface area contributed by atoms with Crippen molar-refractivity contribution in [2.45, 2.75) is 17.8 Å². The number of para-hydroxylation sites is 1. The normalized spacial score (nSPS) is 10.6. The molecule has 0 saturated heterocycles. The molecule has 0 spiro atoms. The fourth-order valence-corrected chi connectivity index (χ4v) is 4.74. The van der Waals surface area contributed by atoms with Gasteiger partial charge in [-0.2, -0.15) is 0 Å². The number of nitrogens with zero attached hydrogens (tertiary/aromatic N) is 3. The second-order valence-corrected chi connectivity index (χ2v) is 9.32. The summed E-state index contributed by atoms with van der Waals surface area (Å²) in [6.07, 6.45) is 0. The van der Waals surface area contributed by atoms with E-state index >= 15 is 0 Å². The summed E-state index contributed by atoms with van der Waals surface area (Å²) in [6.45, 7) is 3.28. The van der Waals surface area contributed by atoms with Gasteiger partial charge in [0.2, 0.25) is 11.0 Å². The van der Waals surface area contributed by atoms with Crippen LogP contribution in [-0.4, -0.2) is 33.3 Å². The molecule has 0 fully saturated rings. The number of aromatic nitrogens is 2. The van der Waals surface area contributed by atoms with E-state index in [0.29, 0.717) is 24.0 Å². The van der Waals surface area contributed by atoms with Gasteiger partial charge in [0.1, 0.15) is 11.5 Å². The quantitative estimate of drug-likeness (QED) is 0.274. The molecule has 0 atom stereocenters. The molecule has 8 heteroatoms. The number of benzene rings is 3. The number of carbonyl (C=O) groups excluding carboxylic acids is 1. The van der Waals surface area contributed by atoms with Gasteiger partial charge >= 0.3 is 0 Å². The van der Waals surface area contributed by atoms with Gasteiger partial charge in [0.25, 0.3) is 0 Å². The minimum absolute atomic E-state index is 0.0880. The molecule has 0 aliphatic carbocycles. The van der Waals surface area contributed by atoms with Crippen molar-refractivity contribution in [2.75, 3.05) is 17.6 Å². The van der Waals surface area contributed by atoms with Gasteiger partial charge in [-0.05, 0) is 48.9 Å². The van der Waals surface area contributed by atoms with Crippen molar-refractivity contribution in [3.8, 4) is 11.5 Å². The van der Waals surface area contributed by atoms with Crippen LogP contribution in [0.15, 0.2) is 89.3 Å². The van der Waals surface area contributed by atoms with Crippen molar-refractivity contribution in [2.24, 2.45) is 0 Å². The highest BCUT2D eigenvalue weighted by Gasteiger charge is 2.14. The summed E-state index contributed by atoms with van der Waals surface area (Å²) in [5.74, 6) is 1.98. The molecule has 0 radical (unpaired) electrons. The van der Waals surface area contributed by atoms with Crippen LogP contribution in [0.25, 0.3) is 0 Å². The maximum absolute atomic E-state index is 12.6. The van der Waals surface area contributed by atoms with E-state index < -0.39 is 0 Å². The molecule has 6 nitrogen and oxygen atoms in total. The lowest BCUT2D eigenvalue weighted by molar-refractivity contribution is -0.128. The highest BCUT2D eigenvalue weighted by Crippen LogP contribution is 2.29. The molecule has 0 bridgehead atoms. The summed E-state index contributed by atoms with van der Waals surface area (Å²) in [4.78, 5) is 14.5. The number of rotatable bonds is 10. The lowest BCUT2D eigenvalue weighted by Gasteiger charge is -2.20. The van der Waals surface area contributed by atoms with E-state index in [1.807, 2.05) is 96.8 Å². The topological polar surface area (TPSA) is 67.4 Å². The number of carbonyl (C=O) groups is 1. The number of amides is 1. The zero-order valence-electron chi connectivity index (χ0n) is 18.2. The minimum Gasteiger partial charge on any atom is -0.457 e. The molecular weight excluding hydrogens is 452 g/mol. The third-order valence-corrected chi connectivity index (χ3v) is 6.72. The second kappa shape index (κ2) is 11.5. The van der Waals surface area contributed by atoms with E-state index in [4.69, 9.17) is 4.74 Å². The summed E-state index contributed by atoms with van der Waals surface area (Å²) in [5, 5.41) is 12.3. The first-order valence-corrected chi connectivity index (χ1v) is 12.4. The molecule has 3 aromatic carbocycles. The Morgan fingerprint density at radius 3 is 2.30 bits per heavy atom. The lowest BCUT2D eigenvalue weighted by atomic mass is 10.2. The van der Waals surface area contributed by atoms with Gasteiger partial charge in [-0.3, -0.25) is 4.79 Å². The van der Waals surface area contributed by atoms with E-state index in [-0.39, 0.29) is 5.91 Å². The molecule has 168 valence electrons. The van der Waals surface area contributed by atoms with E-state index in [0.717, 1.165) is 27.1 Å². The molecule has 1 heterocycles. The standard InChI is InChI=1S/C25H24N4O2S2/c1-2-29(17-19-9-5-3-6-10-19)23(30)18-32-25-28-27-24(33-25)26-20-13-15-22(16-14-20)31-21-11-7-4-8-12-21/h3-16H,2,17-18H2,1H3,(H,26,27). The predicted molar refractivity (Wildman–Crippen MR) is 134 cm³/mol. The van der Waals surface area contributed by atoms with Gasteiger partial charge in [-0.25, -0.2) is 0 Å². The fraction of sp³-hybridized carbons (Fsp3) is 0.160. The molecule has 0 saturated carbocycles. The largest absolute Gasteiger partial charge is 0.457 e. The lowest BCUT2D eigenvalue weighted by Crippen LogP contribution is -2.31. The Morgan fingerprint density at radius 1 is 0.939 bits per heavy atom. The van der Waals surface area contributed by atoms with Crippen LogP contribution in [0, 0.1) is 0 Å². The Balaban J connectivity index is 1.27. The highest BCUT2D eigenvalue weighted by molar-refractivity contribution is 8.01. The fourth-order valence-electron chi connectivity index (χ4n) is 3.07. The van der Waals surface area contributed by atoms with Crippen molar-refractivity contribution in [3.63, 3.8) is 0 Å². The summed E-state index contributed by atoms with van der Waals surface area (Å²) in [6, 6.07) is 27.3. The number of hydrogen-bond acceptors (Lipinski definition) is 7. The first-order valence-electron chi connectivity index (χ1n) is 10.6. The Bertz CT molecular complexity index is 1150. The SMILES string of the molecule is CCN(Cc1ccccc1)C(=O)CSc1nnc(Nc2ccc(Oc3ccccc3)cc2)s1. The monoisotopic (exact) mass is 476 g/mol. The number of ether oxygens (including phenoxy) is 1. The third kappa shape index (κ3) is 6.81. The minimum atomic E-state index is 0.0880. The van der Waals surface area contributed by atoms with Crippen molar-refractivity contribution in [1.82, 2.24) is 15.1 Å². The van der Waals surface area contributed by atoms with Crippen LogP contribution in [0.2, 0.25) is 0 Å². The molecule has 4 rings (SSSR count). The number of hydrogen-bond donors (Lipinski definition) is 1.